The third kappa shape index (κ3) is 2.69. The van der Waals surface area contributed by atoms with Crippen molar-refractivity contribution in [2.75, 3.05) is 27.1 Å². The second kappa shape index (κ2) is 5.89. The molecule has 2 heterocycles. The van der Waals surface area contributed by atoms with Gasteiger partial charge < -0.3 is 24.1 Å². The van der Waals surface area contributed by atoms with Gasteiger partial charge in [0.2, 0.25) is 12.5 Å². The molecule has 2 aliphatic heterocycles. The molecule has 0 aromatic heterocycles. The summed E-state index contributed by atoms with van der Waals surface area (Å²) in [6, 6.07) is 3.67. The molecule has 110 valence electrons. The van der Waals surface area contributed by atoms with Gasteiger partial charge in [0.15, 0.2) is 11.5 Å². The first-order chi connectivity index (χ1) is 9.78. The molecule has 0 saturated carbocycles. The van der Waals surface area contributed by atoms with E-state index in [1.807, 2.05) is 12.1 Å². The molecule has 1 fully saturated rings. The molecule has 0 bridgehead atoms. The van der Waals surface area contributed by atoms with Gasteiger partial charge in [0.1, 0.15) is 0 Å². The van der Waals surface area contributed by atoms with E-state index in [-0.39, 0.29) is 6.79 Å². The molecule has 5 nitrogen and oxygen atoms in total. The van der Waals surface area contributed by atoms with Crippen LogP contribution in [0.3, 0.4) is 0 Å². The molecule has 2 aliphatic rings. The summed E-state index contributed by atoms with van der Waals surface area (Å²) in [7, 11) is 1.59. The van der Waals surface area contributed by atoms with Crippen LogP contribution in [0, 0.1) is 5.92 Å². The van der Waals surface area contributed by atoms with Crippen LogP contribution in [0.2, 0.25) is 0 Å². The maximum absolute atomic E-state index is 10.4. The van der Waals surface area contributed by atoms with Crippen LogP contribution in [-0.4, -0.2) is 32.2 Å². The quantitative estimate of drug-likeness (QED) is 0.917. The van der Waals surface area contributed by atoms with Crippen molar-refractivity contribution in [1.82, 2.24) is 0 Å². The Hall–Kier alpha value is -1.46. The molecular formula is C15H20O5. The van der Waals surface area contributed by atoms with Crippen molar-refractivity contribution in [2.45, 2.75) is 25.4 Å². The smallest absolute Gasteiger partial charge is 0.231 e. The van der Waals surface area contributed by atoms with Gasteiger partial charge in [0.25, 0.3) is 0 Å². The van der Waals surface area contributed by atoms with Gasteiger partial charge in [0.05, 0.1) is 13.2 Å². The molecule has 1 N–H and O–H groups in total. The third-order valence-corrected chi connectivity index (χ3v) is 3.96. The lowest BCUT2D eigenvalue weighted by atomic mass is 9.91. The predicted molar refractivity (Wildman–Crippen MR) is 72.2 cm³/mol. The topological polar surface area (TPSA) is 57.2 Å². The standard InChI is InChI=1S/C15H20O5/c1-17-13-7-11(8-14-15(13)20-9-19-14)12(16)6-10-2-4-18-5-3-10/h7-8,10,12,16H,2-6,9H2,1H3. The predicted octanol–water partition coefficient (Wildman–Crippen LogP) is 2.27. The molecular weight excluding hydrogens is 260 g/mol. The molecule has 20 heavy (non-hydrogen) atoms. The molecule has 1 saturated heterocycles. The Morgan fingerprint density at radius 2 is 2.10 bits per heavy atom. The molecule has 1 unspecified atom stereocenters. The van der Waals surface area contributed by atoms with Crippen LogP contribution in [0.15, 0.2) is 12.1 Å². The number of ether oxygens (including phenoxy) is 4. The normalized spacial score (nSPS) is 19.9. The Bertz CT molecular complexity index is 468. The number of aliphatic hydroxyl groups excluding tert-OH is 1. The molecule has 0 spiro atoms. The van der Waals surface area contributed by atoms with Crippen molar-refractivity contribution in [3.05, 3.63) is 17.7 Å². The largest absolute Gasteiger partial charge is 0.493 e. The van der Waals surface area contributed by atoms with E-state index < -0.39 is 6.10 Å². The second-order valence-electron chi connectivity index (χ2n) is 5.26. The van der Waals surface area contributed by atoms with Crippen LogP contribution >= 0.6 is 0 Å². The van der Waals surface area contributed by atoms with Gasteiger partial charge in [-0.2, -0.15) is 0 Å². The number of fused-ring (bicyclic) bond motifs is 1. The zero-order chi connectivity index (χ0) is 13.9. The molecule has 1 aromatic rings. The molecule has 1 atom stereocenters. The van der Waals surface area contributed by atoms with E-state index in [4.69, 9.17) is 18.9 Å². The molecule has 0 aliphatic carbocycles. The Morgan fingerprint density at radius 3 is 2.85 bits per heavy atom. The van der Waals surface area contributed by atoms with E-state index in [1.165, 1.54) is 0 Å². The molecule has 1 aromatic carbocycles. The number of benzene rings is 1. The van der Waals surface area contributed by atoms with E-state index >= 15 is 0 Å². The maximum atomic E-state index is 10.4. The number of aliphatic hydroxyl groups is 1. The summed E-state index contributed by atoms with van der Waals surface area (Å²) in [6.07, 6.45) is 2.26. The van der Waals surface area contributed by atoms with Crippen LogP contribution in [0.4, 0.5) is 0 Å². The van der Waals surface area contributed by atoms with Crippen molar-refractivity contribution in [3.8, 4) is 17.2 Å². The average Bonchev–Trinajstić information content (AvgIpc) is 2.95. The zero-order valence-corrected chi connectivity index (χ0v) is 11.6. The van der Waals surface area contributed by atoms with Gasteiger partial charge in [0, 0.05) is 13.2 Å². The van der Waals surface area contributed by atoms with Crippen LogP contribution in [0.5, 0.6) is 17.2 Å². The van der Waals surface area contributed by atoms with Crippen LogP contribution in [0.25, 0.3) is 0 Å². The molecule has 0 amide bonds. The summed E-state index contributed by atoms with van der Waals surface area (Å²) in [5, 5.41) is 10.4. The number of hydrogen-bond acceptors (Lipinski definition) is 5. The highest BCUT2D eigenvalue weighted by atomic mass is 16.7. The lowest BCUT2D eigenvalue weighted by Crippen LogP contribution is -2.18. The van der Waals surface area contributed by atoms with Gasteiger partial charge in [-0.15, -0.1) is 0 Å². The van der Waals surface area contributed by atoms with Gasteiger partial charge >= 0.3 is 0 Å². The van der Waals surface area contributed by atoms with E-state index in [9.17, 15) is 5.11 Å². The van der Waals surface area contributed by atoms with Crippen molar-refractivity contribution in [2.24, 2.45) is 5.92 Å². The summed E-state index contributed by atoms with van der Waals surface area (Å²) in [5.74, 6) is 2.39. The molecule has 5 heteroatoms. The molecule has 3 rings (SSSR count). The minimum absolute atomic E-state index is 0.200. The Kier molecular flexibility index (Phi) is 3.98. The van der Waals surface area contributed by atoms with Crippen LogP contribution in [-0.2, 0) is 4.74 Å². The fourth-order valence-electron chi connectivity index (χ4n) is 2.78. The summed E-state index contributed by atoms with van der Waals surface area (Å²) in [4.78, 5) is 0. The Labute approximate surface area is 118 Å². The van der Waals surface area contributed by atoms with E-state index in [0.717, 1.165) is 38.0 Å². The van der Waals surface area contributed by atoms with E-state index in [2.05, 4.69) is 0 Å². The van der Waals surface area contributed by atoms with Crippen LogP contribution < -0.4 is 14.2 Å². The van der Waals surface area contributed by atoms with Crippen molar-refractivity contribution >= 4 is 0 Å². The second-order valence-corrected chi connectivity index (χ2v) is 5.26. The monoisotopic (exact) mass is 280 g/mol. The first-order valence-corrected chi connectivity index (χ1v) is 7.01. The number of methoxy groups -OCH3 is 1. The van der Waals surface area contributed by atoms with Crippen molar-refractivity contribution in [1.29, 1.82) is 0 Å². The summed E-state index contributed by atoms with van der Waals surface area (Å²) < 4.78 is 21.4. The summed E-state index contributed by atoms with van der Waals surface area (Å²) in [6.45, 7) is 1.79. The first-order valence-electron chi connectivity index (χ1n) is 7.01. The summed E-state index contributed by atoms with van der Waals surface area (Å²) in [5.41, 5.74) is 0.817. The van der Waals surface area contributed by atoms with Crippen molar-refractivity contribution < 1.29 is 24.1 Å². The Morgan fingerprint density at radius 1 is 1.30 bits per heavy atom. The average molecular weight is 280 g/mol. The Balaban J connectivity index is 1.75. The fourth-order valence-corrected chi connectivity index (χ4v) is 2.78. The molecule has 0 radical (unpaired) electrons. The number of rotatable bonds is 4. The van der Waals surface area contributed by atoms with E-state index in [1.54, 1.807) is 7.11 Å². The maximum Gasteiger partial charge on any atom is 0.231 e. The lowest BCUT2D eigenvalue weighted by Gasteiger charge is -2.24. The van der Waals surface area contributed by atoms with Gasteiger partial charge in [-0.1, -0.05) is 0 Å². The van der Waals surface area contributed by atoms with Crippen molar-refractivity contribution in [3.63, 3.8) is 0 Å². The fraction of sp³-hybridized carbons (Fsp3) is 0.600. The minimum atomic E-state index is -0.513. The van der Waals surface area contributed by atoms with E-state index in [0.29, 0.717) is 23.2 Å². The lowest BCUT2D eigenvalue weighted by molar-refractivity contribution is 0.0434. The zero-order valence-electron chi connectivity index (χ0n) is 11.6. The first kappa shape index (κ1) is 13.5. The minimum Gasteiger partial charge on any atom is -0.493 e. The van der Waals surface area contributed by atoms with Gasteiger partial charge in [-0.25, -0.2) is 0 Å². The number of hydrogen-bond donors (Lipinski definition) is 1. The third-order valence-electron chi connectivity index (χ3n) is 3.96. The summed E-state index contributed by atoms with van der Waals surface area (Å²) >= 11 is 0. The SMILES string of the molecule is COc1cc(C(O)CC2CCOCC2)cc2c1OCO2. The van der Waals surface area contributed by atoms with Gasteiger partial charge in [-0.3, -0.25) is 0 Å². The highest BCUT2D eigenvalue weighted by Crippen LogP contribution is 2.43. The highest BCUT2D eigenvalue weighted by Gasteiger charge is 2.24. The van der Waals surface area contributed by atoms with Gasteiger partial charge in [-0.05, 0) is 42.9 Å². The van der Waals surface area contributed by atoms with Crippen LogP contribution in [0.1, 0.15) is 30.9 Å². The highest BCUT2D eigenvalue weighted by molar-refractivity contribution is 5.55.